The van der Waals surface area contributed by atoms with Gasteiger partial charge in [-0.2, -0.15) is 0 Å². The number of nitrogen functional groups attached to an aromatic ring is 1. The van der Waals surface area contributed by atoms with E-state index in [-0.39, 0.29) is 0 Å². The van der Waals surface area contributed by atoms with Gasteiger partial charge in [0, 0.05) is 4.88 Å². The van der Waals surface area contributed by atoms with Gasteiger partial charge in [0.05, 0.1) is 10.6 Å². The van der Waals surface area contributed by atoms with Crippen molar-refractivity contribution in [2.45, 2.75) is 6.92 Å². The van der Waals surface area contributed by atoms with Crippen LogP contribution in [0.25, 0.3) is 0 Å². The van der Waals surface area contributed by atoms with Crippen LogP contribution in [0.15, 0.2) is 6.07 Å². The first-order valence-corrected chi connectivity index (χ1v) is 4.61. The Balaban J connectivity index is 3.15. The first-order valence-electron chi connectivity index (χ1n) is 2.71. The third-order valence-corrected chi connectivity index (χ3v) is 3.07. The third-order valence-electron chi connectivity index (χ3n) is 1.08. The number of anilines is 1. The molecular formula is C6H7IN2S. The summed E-state index contributed by atoms with van der Waals surface area (Å²) >= 11 is 3.53. The summed E-state index contributed by atoms with van der Waals surface area (Å²) in [5.41, 5.74) is 6.33. The molecule has 10 heavy (non-hydrogen) atoms. The van der Waals surface area contributed by atoms with Crippen LogP contribution in [0.2, 0.25) is 0 Å². The van der Waals surface area contributed by atoms with Gasteiger partial charge < -0.3 is 5.73 Å². The number of hydrogen-bond acceptors (Lipinski definition) is 3. The molecule has 1 aromatic heterocycles. The summed E-state index contributed by atoms with van der Waals surface area (Å²) in [7, 11) is 0. The van der Waals surface area contributed by atoms with Crippen molar-refractivity contribution >= 4 is 43.3 Å². The van der Waals surface area contributed by atoms with Gasteiger partial charge in [-0.3, -0.25) is 5.41 Å². The summed E-state index contributed by atoms with van der Waals surface area (Å²) in [6.45, 7) is 1.99. The minimum absolute atomic E-state index is 0.521. The van der Waals surface area contributed by atoms with E-state index in [1.165, 1.54) is 0 Å². The maximum absolute atomic E-state index is 7.31. The molecule has 0 spiro atoms. The lowest BCUT2D eigenvalue weighted by Gasteiger charge is -1.89. The predicted octanol–water partition coefficient (Wildman–Crippen LogP) is 2.40. The van der Waals surface area contributed by atoms with Gasteiger partial charge in [0.15, 0.2) is 0 Å². The largest absolute Gasteiger partial charge is 0.397 e. The molecule has 0 saturated carbocycles. The Labute approximate surface area is 77.1 Å². The average Bonchev–Trinajstić information content (AvgIpc) is 2.10. The topological polar surface area (TPSA) is 49.9 Å². The van der Waals surface area contributed by atoms with E-state index < -0.39 is 0 Å². The van der Waals surface area contributed by atoms with Crippen LogP contribution < -0.4 is 5.73 Å². The number of aryl methyl sites for hydroxylation is 1. The third kappa shape index (κ3) is 1.49. The lowest BCUT2D eigenvalue weighted by molar-refractivity contribution is 1.56. The smallest absolute Gasteiger partial charge is 0.111 e. The number of nitrogens with two attached hydrogens (primary N) is 1. The molecule has 0 saturated heterocycles. The quantitative estimate of drug-likeness (QED) is 0.595. The highest BCUT2D eigenvalue weighted by molar-refractivity contribution is 14.1. The van der Waals surface area contributed by atoms with Gasteiger partial charge in [-0.1, -0.05) is 0 Å². The van der Waals surface area contributed by atoms with Crippen molar-refractivity contribution in [2.24, 2.45) is 0 Å². The predicted molar refractivity (Wildman–Crippen MR) is 54.3 cm³/mol. The second-order valence-corrected chi connectivity index (χ2v) is 4.29. The maximum Gasteiger partial charge on any atom is 0.111 e. The van der Waals surface area contributed by atoms with Gasteiger partial charge in [0.2, 0.25) is 0 Å². The van der Waals surface area contributed by atoms with E-state index >= 15 is 0 Å². The molecule has 4 heteroatoms. The fraction of sp³-hybridized carbons (Fsp3) is 0.167. The lowest BCUT2D eigenvalue weighted by atomic mass is 10.4. The molecule has 0 amide bonds. The van der Waals surface area contributed by atoms with Gasteiger partial charge in [-0.05, 0) is 35.6 Å². The number of thiophene rings is 1. The van der Waals surface area contributed by atoms with Crippen molar-refractivity contribution in [2.75, 3.05) is 5.73 Å². The Hall–Kier alpha value is -0.100. The Morgan fingerprint density at radius 2 is 2.40 bits per heavy atom. The second kappa shape index (κ2) is 2.87. The van der Waals surface area contributed by atoms with Crippen LogP contribution in [0, 0.1) is 12.3 Å². The number of rotatable bonds is 1. The summed E-state index contributed by atoms with van der Waals surface area (Å²) in [6, 6.07) is 1.90. The molecule has 0 fully saturated rings. The van der Waals surface area contributed by atoms with Crippen molar-refractivity contribution in [3.8, 4) is 0 Å². The van der Waals surface area contributed by atoms with Crippen molar-refractivity contribution in [3.63, 3.8) is 0 Å². The highest BCUT2D eigenvalue weighted by Crippen LogP contribution is 2.25. The van der Waals surface area contributed by atoms with Crippen LogP contribution in [0.4, 0.5) is 5.69 Å². The van der Waals surface area contributed by atoms with Crippen molar-refractivity contribution in [1.82, 2.24) is 0 Å². The fourth-order valence-electron chi connectivity index (χ4n) is 0.705. The van der Waals surface area contributed by atoms with E-state index in [0.29, 0.717) is 3.72 Å². The standard InChI is InChI=1S/C6H7IN2S/c1-3-2-4(8)5(10-3)6(7)9/h2,9H,8H2,1H3. The van der Waals surface area contributed by atoms with E-state index in [1.54, 1.807) is 11.3 Å². The second-order valence-electron chi connectivity index (χ2n) is 1.96. The van der Waals surface area contributed by atoms with Crippen molar-refractivity contribution in [3.05, 3.63) is 15.8 Å². The highest BCUT2D eigenvalue weighted by atomic mass is 127. The molecule has 3 N–H and O–H groups in total. The fourth-order valence-corrected chi connectivity index (χ4v) is 2.12. The molecule has 1 heterocycles. The summed E-state index contributed by atoms with van der Waals surface area (Å²) in [4.78, 5) is 2.05. The molecule has 0 radical (unpaired) electrons. The SMILES string of the molecule is Cc1cc(N)c(C(=N)I)s1. The zero-order valence-corrected chi connectivity index (χ0v) is 8.41. The average molecular weight is 266 g/mol. The van der Waals surface area contributed by atoms with E-state index in [0.717, 1.165) is 15.4 Å². The minimum Gasteiger partial charge on any atom is -0.397 e. The van der Waals surface area contributed by atoms with Crippen LogP contribution in [-0.2, 0) is 0 Å². The summed E-state index contributed by atoms with van der Waals surface area (Å²) in [5.74, 6) is 0. The normalized spacial score (nSPS) is 9.80. The lowest BCUT2D eigenvalue weighted by Crippen LogP contribution is -1.89. The van der Waals surface area contributed by atoms with Gasteiger partial charge in [-0.15, -0.1) is 11.3 Å². The monoisotopic (exact) mass is 266 g/mol. The van der Waals surface area contributed by atoms with Crippen molar-refractivity contribution < 1.29 is 0 Å². The number of halogens is 1. The van der Waals surface area contributed by atoms with Crippen LogP contribution >= 0.6 is 33.9 Å². The summed E-state index contributed by atoms with van der Waals surface area (Å²) in [5, 5.41) is 7.31. The highest BCUT2D eigenvalue weighted by Gasteiger charge is 2.05. The molecule has 1 rings (SSSR count). The molecule has 0 aliphatic rings. The Bertz CT molecular complexity index is 267. The molecule has 0 unspecified atom stereocenters. The van der Waals surface area contributed by atoms with E-state index in [4.69, 9.17) is 11.1 Å². The molecule has 0 aliphatic heterocycles. The van der Waals surface area contributed by atoms with E-state index in [1.807, 2.05) is 35.6 Å². The molecular weight excluding hydrogens is 259 g/mol. The summed E-state index contributed by atoms with van der Waals surface area (Å²) in [6.07, 6.45) is 0. The summed E-state index contributed by atoms with van der Waals surface area (Å²) < 4.78 is 0.521. The molecule has 2 nitrogen and oxygen atoms in total. The first-order chi connectivity index (χ1) is 4.61. The van der Waals surface area contributed by atoms with Gasteiger partial charge >= 0.3 is 0 Å². The van der Waals surface area contributed by atoms with Gasteiger partial charge in [0.25, 0.3) is 0 Å². The van der Waals surface area contributed by atoms with Gasteiger partial charge in [-0.25, -0.2) is 0 Å². The van der Waals surface area contributed by atoms with Crippen LogP contribution in [-0.4, -0.2) is 3.72 Å². The maximum atomic E-state index is 7.31. The zero-order chi connectivity index (χ0) is 7.72. The molecule has 0 aliphatic carbocycles. The first kappa shape index (κ1) is 8.00. The molecule has 0 atom stereocenters. The van der Waals surface area contributed by atoms with E-state index in [2.05, 4.69) is 0 Å². The number of nitrogens with one attached hydrogen (secondary N) is 1. The van der Waals surface area contributed by atoms with Crippen LogP contribution in [0.5, 0.6) is 0 Å². The molecule has 54 valence electrons. The number of hydrogen-bond donors (Lipinski definition) is 2. The van der Waals surface area contributed by atoms with Crippen LogP contribution in [0.3, 0.4) is 0 Å². The Morgan fingerprint density at radius 1 is 1.80 bits per heavy atom. The van der Waals surface area contributed by atoms with Gasteiger partial charge in [0.1, 0.15) is 3.72 Å². The Morgan fingerprint density at radius 3 is 2.60 bits per heavy atom. The zero-order valence-electron chi connectivity index (χ0n) is 5.44. The van der Waals surface area contributed by atoms with Crippen molar-refractivity contribution in [1.29, 1.82) is 5.41 Å². The van der Waals surface area contributed by atoms with Crippen LogP contribution in [0.1, 0.15) is 9.75 Å². The molecule has 1 aromatic rings. The molecule has 0 bridgehead atoms. The Kier molecular flexibility index (Phi) is 2.30. The van der Waals surface area contributed by atoms with E-state index in [9.17, 15) is 0 Å². The minimum atomic E-state index is 0.521. The molecule has 0 aromatic carbocycles.